The molecule has 1 aromatic carbocycles. The van der Waals surface area contributed by atoms with Crippen LogP contribution in [0.25, 0.3) is 0 Å². The van der Waals surface area contributed by atoms with Crippen LogP contribution in [0.5, 0.6) is 0 Å². The Bertz CT molecular complexity index is 341. The molecule has 0 spiro atoms. The molecule has 2 N–H and O–H groups in total. The molecule has 1 aromatic rings. The molecule has 0 amide bonds. The Morgan fingerprint density at radius 3 is 2.76 bits per heavy atom. The fraction of sp³-hybridized carbons (Fsp3) is 0.571. The van der Waals surface area contributed by atoms with Crippen molar-refractivity contribution in [2.24, 2.45) is 5.73 Å². The largest absolute Gasteiger partial charge is 0.323 e. The Morgan fingerprint density at radius 1 is 1.35 bits per heavy atom. The highest BCUT2D eigenvalue weighted by molar-refractivity contribution is 8.00. The smallest absolute Gasteiger partial charge is 0.0424 e. The Labute approximate surface area is 109 Å². The van der Waals surface area contributed by atoms with Crippen LogP contribution in [0.4, 0.5) is 0 Å². The average Bonchev–Trinajstić information content (AvgIpc) is 2.36. The quantitative estimate of drug-likeness (QED) is 0.894. The maximum atomic E-state index is 6.29. The van der Waals surface area contributed by atoms with Gasteiger partial charge in [0.05, 0.1) is 0 Å². The maximum absolute atomic E-state index is 6.29. The zero-order valence-electron chi connectivity index (χ0n) is 10.7. The molecule has 0 radical (unpaired) electrons. The van der Waals surface area contributed by atoms with Gasteiger partial charge in [0.15, 0.2) is 0 Å². The van der Waals surface area contributed by atoms with E-state index < -0.39 is 0 Å². The van der Waals surface area contributed by atoms with Gasteiger partial charge in [0.25, 0.3) is 0 Å². The third-order valence-electron chi connectivity index (χ3n) is 3.67. The highest BCUT2D eigenvalue weighted by Crippen LogP contribution is 2.25. The molecule has 3 unspecified atom stereocenters. The Morgan fingerprint density at radius 2 is 2.06 bits per heavy atom. The molecule has 94 valence electrons. The highest BCUT2D eigenvalue weighted by atomic mass is 32.2. The predicted molar refractivity (Wildman–Crippen MR) is 76.3 cm³/mol. The number of thioether (sulfide) groups is 1. The first-order chi connectivity index (χ1) is 8.18. The van der Waals surface area contributed by atoms with Crippen LogP contribution in [0.1, 0.15) is 25.5 Å². The standard InChI is InChI=1S/C14H22N2S/c1-11-12(2)17-9-8-16(11)10-14(15)13-6-4-3-5-7-13/h3-7,11-12,14H,8-10,15H2,1-2H3. The lowest BCUT2D eigenvalue weighted by atomic mass is 10.1. The summed E-state index contributed by atoms with van der Waals surface area (Å²) in [6.45, 7) is 6.76. The molecule has 0 bridgehead atoms. The minimum absolute atomic E-state index is 0.133. The lowest BCUT2D eigenvalue weighted by molar-refractivity contribution is 0.201. The van der Waals surface area contributed by atoms with E-state index in [-0.39, 0.29) is 6.04 Å². The van der Waals surface area contributed by atoms with Gasteiger partial charge in [0.2, 0.25) is 0 Å². The molecule has 3 heteroatoms. The number of rotatable bonds is 3. The summed E-state index contributed by atoms with van der Waals surface area (Å²) in [6.07, 6.45) is 0. The van der Waals surface area contributed by atoms with Gasteiger partial charge in [-0.3, -0.25) is 4.90 Å². The van der Waals surface area contributed by atoms with E-state index in [1.807, 2.05) is 6.07 Å². The lowest BCUT2D eigenvalue weighted by Crippen LogP contribution is -2.47. The molecule has 1 fully saturated rings. The van der Waals surface area contributed by atoms with Gasteiger partial charge >= 0.3 is 0 Å². The van der Waals surface area contributed by atoms with E-state index in [2.05, 4.69) is 54.8 Å². The van der Waals surface area contributed by atoms with E-state index in [9.17, 15) is 0 Å². The zero-order valence-corrected chi connectivity index (χ0v) is 11.5. The van der Waals surface area contributed by atoms with Gasteiger partial charge in [-0.1, -0.05) is 37.3 Å². The molecule has 2 nitrogen and oxygen atoms in total. The molecule has 0 saturated carbocycles. The van der Waals surface area contributed by atoms with Gasteiger partial charge in [-0.15, -0.1) is 0 Å². The first kappa shape index (κ1) is 12.9. The topological polar surface area (TPSA) is 29.3 Å². The van der Waals surface area contributed by atoms with Crippen molar-refractivity contribution in [2.45, 2.75) is 31.2 Å². The summed E-state index contributed by atoms with van der Waals surface area (Å²) in [5.74, 6) is 1.23. The first-order valence-corrected chi connectivity index (χ1v) is 7.39. The number of nitrogens with two attached hydrogens (primary N) is 1. The fourth-order valence-corrected chi connectivity index (χ4v) is 3.47. The molecular formula is C14H22N2S. The monoisotopic (exact) mass is 250 g/mol. The summed E-state index contributed by atoms with van der Waals surface area (Å²) in [5, 5.41) is 0.715. The van der Waals surface area contributed by atoms with Crippen molar-refractivity contribution in [3.63, 3.8) is 0 Å². The second-order valence-corrected chi connectivity index (χ2v) is 6.31. The fourth-order valence-electron chi connectivity index (χ4n) is 2.31. The van der Waals surface area contributed by atoms with Crippen molar-refractivity contribution in [3.8, 4) is 0 Å². The van der Waals surface area contributed by atoms with E-state index in [1.54, 1.807) is 0 Å². The third kappa shape index (κ3) is 3.24. The SMILES string of the molecule is CC1SCCN(CC(N)c2ccccc2)C1C. The number of nitrogens with zero attached hydrogens (tertiary/aromatic N) is 1. The molecule has 2 rings (SSSR count). The zero-order chi connectivity index (χ0) is 12.3. The van der Waals surface area contributed by atoms with Crippen LogP contribution in [0.2, 0.25) is 0 Å². The van der Waals surface area contributed by atoms with Gasteiger partial charge in [-0.25, -0.2) is 0 Å². The summed E-state index contributed by atoms with van der Waals surface area (Å²) in [7, 11) is 0. The second-order valence-electron chi connectivity index (χ2n) is 4.83. The van der Waals surface area contributed by atoms with Crippen molar-refractivity contribution in [3.05, 3.63) is 35.9 Å². The lowest BCUT2D eigenvalue weighted by Gasteiger charge is -2.38. The highest BCUT2D eigenvalue weighted by Gasteiger charge is 2.26. The van der Waals surface area contributed by atoms with Crippen LogP contribution < -0.4 is 5.73 Å². The normalized spacial score (nSPS) is 27.9. The van der Waals surface area contributed by atoms with Gasteiger partial charge in [0, 0.05) is 36.2 Å². The summed E-state index contributed by atoms with van der Waals surface area (Å²) < 4.78 is 0. The van der Waals surface area contributed by atoms with Crippen molar-refractivity contribution < 1.29 is 0 Å². The molecule has 0 aromatic heterocycles. The molecule has 1 aliphatic rings. The molecular weight excluding hydrogens is 228 g/mol. The van der Waals surface area contributed by atoms with E-state index in [1.165, 1.54) is 11.3 Å². The minimum atomic E-state index is 0.133. The van der Waals surface area contributed by atoms with Gasteiger partial charge in [0.1, 0.15) is 0 Å². The minimum Gasteiger partial charge on any atom is -0.323 e. The van der Waals surface area contributed by atoms with E-state index >= 15 is 0 Å². The van der Waals surface area contributed by atoms with Gasteiger partial charge < -0.3 is 5.73 Å². The molecule has 1 saturated heterocycles. The number of hydrogen-bond acceptors (Lipinski definition) is 3. The molecule has 1 heterocycles. The molecule has 3 atom stereocenters. The molecule has 1 aliphatic heterocycles. The third-order valence-corrected chi connectivity index (χ3v) is 5.01. The van der Waals surface area contributed by atoms with E-state index in [0.29, 0.717) is 11.3 Å². The van der Waals surface area contributed by atoms with Crippen LogP contribution in [-0.2, 0) is 0 Å². The van der Waals surface area contributed by atoms with Crippen molar-refractivity contribution in [2.75, 3.05) is 18.8 Å². The molecule has 0 aliphatic carbocycles. The first-order valence-electron chi connectivity index (χ1n) is 6.34. The second kappa shape index (κ2) is 5.89. The van der Waals surface area contributed by atoms with Crippen molar-refractivity contribution in [1.82, 2.24) is 4.90 Å². The van der Waals surface area contributed by atoms with Crippen LogP contribution in [0.3, 0.4) is 0 Å². The van der Waals surface area contributed by atoms with Crippen LogP contribution in [0, 0.1) is 0 Å². The summed E-state index contributed by atoms with van der Waals surface area (Å²) >= 11 is 2.07. The Kier molecular flexibility index (Phi) is 4.48. The number of benzene rings is 1. The van der Waals surface area contributed by atoms with Crippen molar-refractivity contribution >= 4 is 11.8 Å². The Balaban J connectivity index is 1.96. The predicted octanol–water partition coefficient (Wildman–Crippen LogP) is 2.51. The van der Waals surface area contributed by atoms with Crippen molar-refractivity contribution in [1.29, 1.82) is 0 Å². The van der Waals surface area contributed by atoms with Gasteiger partial charge in [-0.05, 0) is 12.5 Å². The summed E-state index contributed by atoms with van der Waals surface area (Å²) in [4.78, 5) is 2.53. The molecule has 17 heavy (non-hydrogen) atoms. The maximum Gasteiger partial charge on any atom is 0.0424 e. The van der Waals surface area contributed by atoms with Gasteiger partial charge in [-0.2, -0.15) is 11.8 Å². The Hall–Kier alpha value is -0.510. The number of hydrogen-bond donors (Lipinski definition) is 1. The van der Waals surface area contributed by atoms with Crippen LogP contribution in [-0.4, -0.2) is 35.0 Å². The van der Waals surface area contributed by atoms with E-state index in [0.717, 1.165) is 13.1 Å². The average molecular weight is 250 g/mol. The van der Waals surface area contributed by atoms with Crippen LogP contribution in [0.15, 0.2) is 30.3 Å². The van der Waals surface area contributed by atoms with Crippen LogP contribution >= 0.6 is 11.8 Å². The summed E-state index contributed by atoms with van der Waals surface area (Å²) in [5.41, 5.74) is 7.53. The summed E-state index contributed by atoms with van der Waals surface area (Å²) in [6, 6.07) is 11.2. The van der Waals surface area contributed by atoms with E-state index in [4.69, 9.17) is 5.73 Å².